The minimum absolute atomic E-state index is 0.532. The Balaban J connectivity index is 2.25. The summed E-state index contributed by atoms with van der Waals surface area (Å²) >= 11 is 6.10. The van der Waals surface area contributed by atoms with E-state index in [0.717, 1.165) is 11.3 Å². The molecule has 0 saturated carbocycles. The summed E-state index contributed by atoms with van der Waals surface area (Å²) in [6.45, 7) is 6.18. The lowest BCUT2D eigenvalue weighted by Gasteiger charge is -2.13. The van der Waals surface area contributed by atoms with Crippen molar-refractivity contribution in [2.45, 2.75) is 6.92 Å². The Morgan fingerprint density at radius 2 is 2.24 bits per heavy atom. The SMILES string of the molecule is C=CCNc1nccc(Nc2cc(C)c(Cl)cc2OC)n1. The fraction of sp³-hybridized carbons (Fsp3) is 0.200. The Morgan fingerprint density at radius 3 is 2.95 bits per heavy atom. The van der Waals surface area contributed by atoms with E-state index >= 15 is 0 Å². The molecule has 1 aromatic heterocycles. The fourth-order valence-corrected chi connectivity index (χ4v) is 1.90. The summed E-state index contributed by atoms with van der Waals surface area (Å²) in [6.07, 6.45) is 3.42. The second-order valence-corrected chi connectivity index (χ2v) is 4.77. The maximum Gasteiger partial charge on any atom is 0.224 e. The maximum absolute atomic E-state index is 6.10. The van der Waals surface area contributed by atoms with Crippen LogP contribution in [-0.4, -0.2) is 23.6 Å². The first-order valence-corrected chi connectivity index (χ1v) is 6.81. The predicted octanol–water partition coefficient (Wildman–Crippen LogP) is 3.79. The second kappa shape index (κ2) is 6.95. The molecule has 21 heavy (non-hydrogen) atoms. The Morgan fingerprint density at radius 1 is 1.43 bits per heavy atom. The van der Waals surface area contributed by atoms with E-state index in [1.807, 2.05) is 13.0 Å². The van der Waals surface area contributed by atoms with Crippen molar-refractivity contribution in [2.75, 3.05) is 24.3 Å². The fourth-order valence-electron chi connectivity index (χ4n) is 1.74. The van der Waals surface area contributed by atoms with Crippen molar-refractivity contribution in [3.8, 4) is 5.75 Å². The van der Waals surface area contributed by atoms with Crippen molar-refractivity contribution in [3.63, 3.8) is 0 Å². The van der Waals surface area contributed by atoms with Crippen LogP contribution in [0.5, 0.6) is 5.75 Å². The Labute approximate surface area is 129 Å². The number of hydrogen-bond donors (Lipinski definition) is 2. The van der Waals surface area contributed by atoms with Crippen LogP contribution in [0.1, 0.15) is 5.56 Å². The van der Waals surface area contributed by atoms with Gasteiger partial charge < -0.3 is 15.4 Å². The molecule has 2 rings (SSSR count). The van der Waals surface area contributed by atoms with Crippen LogP contribution in [0.3, 0.4) is 0 Å². The van der Waals surface area contributed by atoms with Gasteiger partial charge in [0.15, 0.2) is 0 Å². The number of benzene rings is 1. The summed E-state index contributed by atoms with van der Waals surface area (Å²) in [5.74, 6) is 1.85. The molecule has 1 heterocycles. The van der Waals surface area contributed by atoms with Gasteiger partial charge in [0.05, 0.1) is 12.8 Å². The topological polar surface area (TPSA) is 59.1 Å². The lowest BCUT2D eigenvalue weighted by Crippen LogP contribution is -2.04. The Bertz CT molecular complexity index is 646. The van der Waals surface area contributed by atoms with Crippen LogP contribution < -0.4 is 15.4 Å². The number of halogens is 1. The molecule has 1 aromatic carbocycles. The van der Waals surface area contributed by atoms with Crippen LogP contribution in [0, 0.1) is 6.92 Å². The van der Waals surface area contributed by atoms with Crippen LogP contribution >= 0.6 is 11.6 Å². The summed E-state index contributed by atoms with van der Waals surface area (Å²) in [4.78, 5) is 8.49. The van der Waals surface area contributed by atoms with E-state index in [-0.39, 0.29) is 0 Å². The molecule has 0 amide bonds. The summed E-state index contributed by atoms with van der Waals surface area (Å²) in [7, 11) is 1.60. The van der Waals surface area contributed by atoms with E-state index in [9.17, 15) is 0 Å². The zero-order valence-electron chi connectivity index (χ0n) is 12.0. The highest BCUT2D eigenvalue weighted by atomic mass is 35.5. The van der Waals surface area contributed by atoms with Gasteiger partial charge in [-0.1, -0.05) is 17.7 Å². The third-order valence-electron chi connectivity index (χ3n) is 2.80. The molecule has 0 spiro atoms. The van der Waals surface area contributed by atoms with Gasteiger partial charge in [-0.15, -0.1) is 6.58 Å². The first-order chi connectivity index (χ1) is 10.1. The number of aromatic nitrogens is 2. The molecule has 0 aliphatic carbocycles. The molecular formula is C15H17ClN4O. The summed E-state index contributed by atoms with van der Waals surface area (Å²) in [5, 5.41) is 6.91. The minimum atomic E-state index is 0.532. The van der Waals surface area contributed by atoms with Crippen LogP contribution in [0.2, 0.25) is 5.02 Å². The molecule has 5 nitrogen and oxygen atoms in total. The van der Waals surface area contributed by atoms with Crippen molar-refractivity contribution in [2.24, 2.45) is 0 Å². The molecule has 0 aliphatic rings. The molecule has 2 aromatic rings. The Hall–Kier alpha value is -2.27. The zero-order valence-corrected chi connectivity index (χ0v) is 12.7. The van der Waals surface area contributed by atoms with Gasteiger partial charge in [0, 0.05) is 23.8 Å². The number of methoxy groups -OCH3 is 1. The highest BCUT2D eigenvalue weighted by Gasteiger charge is 2.08. The molecule has 2 N–H and O–H groups in total. The lowest BCUT2D eigenvalue weighted by atomic mass is 10.2. The highest BCUT2D eigenvalue weighted by Crippen LogP contribution is 2.32. The number of rotatable bonds is 6. The molecule has 6 heteroatoms. The summed E-state index contributed by atoms with van der Waals surface area (Å²) in [5.41, 5.74) is 1.76. The smallest absolute Gasteiger partial charge is 0.224 e. The van der Waals surface area contributed by atoms with Crippen molar-refractivity contribution in [1.29, 1.82) is 0 Å². The van der Waals surface area contributed by atoms with Gasteiger partial charge in [-0.25, -0.2) is 4.98 Å². The standard InChI is InChI=1S/C15H17ClN4O/c1-4-6-17-15-18-7-5-14(20-15)19-12-8-10(2)11(16)9-13(12)21-3/h4-5,7-9H,1,6H2,2-3H3,(H2,17,18,19,20). The normalized spacial score (nSPS) is 10.0. The molecule has 0 bridgehead atoms. The molecule has 0 saturated heterocycles. The van der Waals surface area contributed by atoms with E-state index in [4.69, 9.17) is 16.3 Å². The molecule has 0 aliphatic heterocycles. The molecule has 110 valence electrons. The van der Waals surface area contributed by atoms with Gasteiger partial charge in [-0.3, -0.25) is 0 Å². The van der Waals surface area contributed by atoms with Gasteiger partial charge in [0.25, 0.3) is 0 Å². The number of nitrogens with one attached hydrogen (secondary N) is 2. The summed E-state index contributed by atoms with van der Waals surface area (Å²) in [6, 6.07) is 5.47. The largest absolute Gasteiger partial charge is 0.495 e. The van der Waals surface area contributed by atoms with Crippen molar-refractivity contribution in [1.82, 2.24) is 9.97 Å². The van der Waals surface area contributed by atoms with Crippen molar-refractivity contribution in [3.05, 3.63) is 47.6 Å². The van der Waals surface area contributed by atoms with E-state index in [2.05, 4.69) is 27.2 Å². The first kappa shape index (κ1) is 15.1. The maximum atomic E-state index is 6.10. The zero-order chi connectivity index (χ0) is 15.2. The molecule has 0 unspecified atom stereocenters. The third kappa shape index (κ3) is 3.86. The van der Waals surface area contributed by atoms with Gasteiger partial charge in [0.2, 0.25) is 5.95 Å². The number of aryl methyl sites for hydroxylation is 1. The van der Waals surface area contributed by atoms with Gasteiger partial charge in [-0.05, 0) is 24.6 Å². The second-order valence-electron chi connectivity index (χ2n) is 4.36. The van der Waals surface area contributed by atoms with Crippen LogP contribution in [-0.2, 0) is 0 Å². The number of anilines is 3. The van der Waals surface area contributed by atoms with Crippen LogP contribution in [0.25, 0.3) is 0 Å². The van der Waals surface area contributed by atoms with Gasteiger partial charge in [-0.2, -0.15) is 4.98 Å². The third-order valence-corrected chi connectivity index (χ3v) is 3.21. The van der Waals surface area contributed by atoms with E-state index < -0.39 is 0 Å². The number of nitrogens with zero attached hydrogens (tertiary/aromatic N) is 2. The quantitative estimate of drug-likeness (QED) is 0.795. The van der Waals surface area contributed by atoms with Gasteiger partial charge >= 0.3 is 0 Å². The number of hydrogen-bond acceptors (Lipinski definition) is 5. The van der Waals surface area contributed by atoms with E-state index in [1.165, 1.54) is 0 Å². The minimum Gasteiger partial charge on any atom is -0.495 e. The van der Waals surface area contributed by atoms with Gasteiger partial charge in [0.1, 0.15) is 11.6 Å². The highest BCUT2D eigenvalue weighted by molar-refractivity contribution is 6.31. The summed E-state index contributed by atoms with van der Waals surface area (Å²) < 4.78 is 5.33. The molecule has 0 fully saturated rings. The molecular weight excluding hydrogens is 288 g/mol. The lowest BCUT2D eigenvalue weighted by molar-refractivity contribution is 0.416. The molecule has 0 radical (unpaired) electrons. The van der Waals surface area contributed by atoms with E-state index in [1.54, 1.807) is 31.5 Å². The first-order valence-electron chi connectivity index (χ1n) is 6.43. The average molecular weight is 305 g/mol. The average Bonchev–Trinajstić information content (AvgIpc) is 2.49. The van der Waals surface area contributed by atoms with Crippen molar-refractivity contribution >= 4 is 29.1 Å². The predicted molar refractivity (Wildman–Crippen MR) is 86.7 cm³/mol. The monoisotopic (exact) mass is 304 g/mol. The number of ether oxygens (including phenoxy) is 1. The van der Waals surface area contributed by atoms with E-state index in [0.29, 0.717) is 29.1 Å². The Kier molecular flexibility index (Phi) is 5.00. The van der Waals surface area contributed by atoms with Crippen LogP contribution in [0.4, 0.5) is 17.5 Å². The molecule has 0 atom stereocenters. The van der Waals surface area contributed by atoms with Crippen LogP contribution in [0.15, 0.2) is 37.1 Å². The van der Waals surface area contributed by atoms with Crippen molar-refractivity contribution < 1.29 is 4.74 Å².